The van der Waals surface area contributed by atoms with Crippen LogP contribution >= 0.6 is 11.3 Å². The number of nitrogens with two attached hydrogens (primary N) is 1. The molecule has 1 aliphatic rings. The van der Waals surface area contributed by atoms with Crippen LogP contribution in [0.2, 0.25) is 0 Å². The smallest absolute Gasteiger partial charge is 0.446 e. The Morgan fingerprint density at radius 1 is 1.12 bits per heavy atom. The first kappa shape index (κ1) is 22.0. The maximum atomic E-state index is 12.8. The molecule has 0 aliphatic carbocycles. The number of aromatic nitrogens is 1. The molecule has 3 aromatic heterocycles. The van der Waals surface area contributed by atoms with E-state index in [1.54, 1.807) is 35.2 Å². The fourth-order valence-electron chi connectivity index (χ4n) is 3.24. The first-order chi connectivity index (χ1) is 16.1. The fraction of sp³-hybridized carbons (Fsp3) is 0.100. The largest absolute Gasteiger partial charge is 0.452 e. The second-order valence-corrected chi connectivity index (χ2v) is 10.1. The van der Waals surface area contributed by atoms with Gasteiger partial charge in [0.2, 0.25) is 11.3 Å². The number of nitrogens with one attached hydrogen (secondary N) is 1. The van der Waals surface area contributed by atoms with Crippen LogP contribution in [-0.4, -0.2) is 20.2 Å². The number of sulfonamides is 1. The van der Waals surface area contributed by atoms with E-state index in [9.17, 15) is 21.6 Å². The average molecular weight is 509 g/mol. The molecule has 1 aliphatic heterocycles. The van der Waals surface area contributed by atoms with Gasteiger partial charge in [-0.15, -0.1) is 11.3 Å². The van der Waals surface area contributed by atoms with Gasteiger partial charge in [-0.3, -0.25) is 4.72 Å². The highest BCUT2D eigenvalue weighted by atomic mass is 32.2. The Bertz CT molecular complexity index is 1590. The van der Waals surface area contributed by atoms with Gasteiger partial charge in [0.15, 0.2) is 0 Å². The molecule has 4 heterocycles. The quantitative estimate of drug-likeness (QED) is 0.424. The lowest BCUT2D eigenvalue weighted by molar-refractivity contribution is -0.155. The highest BCUT2D eigenvalue weighted by Crippen LogP contribution is 2.35. The van der Waals surface area contributed by atoms with Crippen molar-refractivity contribution in [2.45, 2.75) is 10.4 Å². The van der Waals surface area contributed by atoms with Crippen molar-refractivity contribution in [1.29, 1.82) is 0 Å². The molecule has 3 N–H and O–H groups in total. The van der Waals surface area contributed by atoms with E-state index in [0.29, 0.717) is 22.3 Å². The Morgan fingerprint density at radius 3 is 2.59 bits per heavy atom. The summed E-state index contributed by atoms with van der Waals surface area (Å²) in [5, 5.41) is 4.04. The Labute approximate surface area is 193 Å². The third-order valence-electron chi connectivity index (χ3n) is 4.89. The molecule has 0 saturated heterocycles. The number of thiophene rings is 1. The van der Waals surface area contributed by atoms with Crippen LogP contribution in [0, 0.1) is 0 Å². The van der Waals surface area contributed by atoms with Gasteiger partial charge in [0.1, 0.15) is 22.4 Å². The third-order valence-corrected chi connectivity index (χ3v) is 7.87. The minimum absolute atomic E-state index is 0.0944. The van der Waals surface area contributed by atoms with Crippen molar-refractivity contribution >= 4 is 38.6 Å². The predicted octanol–water partition coefficient (Wildman–Crippen LogP) is 2.94. The third kappa shape index (κ3) is 4.01. The highest BCUT2D eigenvalue weighted by molar-refractivity contribution is 7.94. The number of rotatable bonds is 5. The Morgan fingerprint density at radius 2 is 1.88 bits per heavy atom. The van der Waals surface area contributed by atoms with Crippen LogP contribution in [0.4, 0.5) is 24.5 Å². The first-order valence-electron chi connectivity index (χ1n) is 9.54. The van der Waals surface area contributed by atoms with Crippen LogP contribution in [-0.2, 0) is 16.2 Å². The summed E-state index contributed by atoms with van der Waals surface area (Å²) in [6.07, 6.45) is -3.19. The van der Waals surface area contributed by atoms with Crippen molar-refractivity contribution in [3.05, 3.63) is 71.3 Å². The molecule has 34 heavy (non-hydrogen) atoms. The average Bonchev–Trinajstić information content (AvgIpc) is 3.53. The van der Waals surface area contributed by atoms with Crippen molar-refractivity contribution < 1.29 is 30.5 Å². The minimum Gasteiger partial charge on any atom is -0.446 e. The summed E-state index contributed by atoms with van der Waals surface area (Å²) in [5.41, 5.74) is 7.53. The van der Waals surface area contributed by atoms with Gasteiger partial charge in [0, 0.05) is 17.4 Å². The van der Waals surface area contributed by atoms with Gasteiger partial charge in [0.05, 0.1) is 16.4 Å². The molecule has 5 rings (SSSR count). The monoisotopic (exact) mass is 509 g/mol. The molecule has 176 valence electrons. The van der Waals surface area contributed by atoms with E-state index in [0.717, 1.165) is 17.4 Å². The zero-order valence-corrected chi connectivity index (χ0v) is 18.5. The lowest BCUT2D eigenvalue weighted by Gasteiger charge is -2.24. The lowest BCUT2D eigenvalue weighted by atomic mass is 10.2. The van der Waals surface area contributed by atoms with Crippen LogP contribution in [0.15, 0.2) is 72.9 Å². The summed E-state index contributed by atoms with van der Waals surface area (Å²) < 4.78 is 75.6. The molecular weight excluding hydrogens is 495 g/mol. The van der Waals surface area contributed by atoms with Gasteiger partial charge in [0.25, 0.3) is 10.0 Å². The van der Waals surface area contributed by atoms with Crippen LogP contribution in [0.25, 0.3) is 16.4 Å². The Balaban J connectivity index is 1.33. The summed E-state index contributed by atoms with van der Waals surface area (Å²) in [7, 11) is -3.99. The number of fused-ring (bicyclic) bond motifs is 1. The summed E-state index contributed by atoms with van der Waals surface area (Å²) in [4.78, 5) is 6.26. The molecule has 9 nitrogen and oxygen atoms in total. The molecule has 0 spiro atoms. The second-order valence-electron chi connectivity index (χ2n) is 7.10. The van der Waals surface area contributed by atoms with Crippen molar-refractivity contribution in [2.75, 3.05) is 16.3 Å². The number of halogens is 3. The van der Waals surface area contributed by atoms with Gasteiger partial charge in [-0.25, -0.2) is 13.4 Å². The summed E-state index contributed by atoms with van der Waals surface area (Å²) >= 11 is 0.767. The van der Waals surface area contributed by atoms with Gasteiger partial charge in [-0.05, 0) is 42.5 Å². The first-order valence-corrected chi connectivity index (χ1v) is 11.8. The Kier molecular flexibility index (Phi) is 5.13. The zero-order valence-electron chi connectivity index (χ0n) is 16.9. The zero-order chi connectivity index (χ0) is 24.1. The SMILES string of the molecule is NC1=c2ccoc2=NCN1c1ccc(NS(=O)(=O)c2ccc(-c3cc(C(F)(F)F)on3)s2)cc1. The lowest BCUT2D eigenvalue weighted by Crippen LogP contribution is -2.42. The minimum atomic E-state index is -4.68. The predicted molar refractivity (Wildman–Crippen MR) is 116 cm³/mol. The summed E-state index contributed by atoms with van der Waals surface area (Å²) in [5.74, 6) is -0.804. The molecular formula is C20H14F3N5O4S2. The van der Waals surface area contributed by atoms with E-state index in [-0.39, 0.29) is 27.1 Å². The highest BCUT2D eigenvalue weighted by Gasteiger charge is 2.36. The maximum Gasteiger partial charge on any atom is 0.452 e. The molecule has 0 amide bonds. The molecule has 4 aromatic rings. The molecule has 0 atom stereocenters. The van der Waals surface area contributed by atoms with Crippen LogP contribution in [0.1, 0.15) is 5.76 Å². The van der Waals surface area contributed by atoms with E-state index >= 15 is 0 Å². The molecule has 0 unspecified atom stereocenters. The second kappa shape index (κ2) is 7.92. The van der Waals surface area contributed by atoms with Gasteiger partial charge in [-0.1, -0.05) is 5.16 Å². The molecule has 0 bridgehead atoms. The number of nitrogens with zero attached hydrogens (tertiary/aromatic N) is 3. The standard InChI is InChI=1S/C20H14F3N5O4S2/c21-20(22,23)16-9-14(26-32-16)15-5-6-17(33-15)34(29,30)27-11-1-3-12(4-2-11)28-10-25-19-13(18(28)24)7-8-31-19/h1-9,27H,10,24H2. The number of furan rings is 1. The molecule has 1 aromatic carbocycles. The Hall–Kier alpha value is -3.78. The van der Waals surface area contributed by atoms with E-state index in [1.807, 2.05) is 0 Å². The van der Waals surface area contributed by atoms with Crippen molar-refractivity contribution in [1.82, 2.24) is 5.16 Å². The topological polar surface area (TPSA) is 127 Å². The van der Waals surface area contributed by atoms with E-state index < -0.39 is 22.0 Å². The van der Waals surface area contributed by atoms with E-state index in [4.69, 9.17) is 10.2 Å². The van der Waals surface area contributed by atoms with Crippen molar-refractivity contribution in [3.8, 4) is 10.6 Å². The van der Waals surface area contributed by atoms with Gasteiger partial charge >= 0.3 is 6.18 Å². The van der Waals surface area contributed by atoms with Crippen LogP contribution in [0.5, 0.6) is 0 Å². The molecule has 0 fully saturated rings. The van der Waals surface area contributed by atoms with Crippen molar-refractivity contribution in [3.63, 3.8) is 0 Å². The van der Waals surface area contributed by atoms with E-state index in [1.165, 1.54) is 18.4 Å². The van der Waals surface area contributed by atoms with Crippen LogP contribution in [0.3, 0.4) is 0 Å². The van der Waals surface area contributed by atoms with Crippen molar-refractivity contribution in [2.24, 2.45) is 10.7 Å². The number of anilines is 2. The summed E-state index contributed by atoms with van der Waals surface area (Å²) in [6, 6.07) is 11.6. The van der Waals surface area contributed by atoms with E-state index in [2.05, 4.69) is 19.4 Å². The van der Waals surface area contributed by atoms with Gasteiger partial charge < -0.3 is 19.6 Å². The number of hydrogen-bond donors (Lipinski definition) is 2. The normalized spacial score (nSPS) is 14.1. The van der Waals surface area contributed by atoms with Gasteiger partial charge in [-0.2, -0.15) is 13.2 Å². The summed E-state index contributed by atoms with van der Waals surface area (Å²) in [6.45, 7) is 0.244. The number of alkyl halides is 3. The maximum absolute atomic E-state index is 12.8. The fourth-order valence-corrected chi connectivity index (χ4v) is 5.55. The number of hydrogen-bond acceptors (Lipinski definition) is 9. The van der Waals surface area contributed by atoms with Crippen LogP contribution < -0.4 is 26.1 Å². The number of benzene rings is 1. The molecule has 14 heteroatoms. The molecule has 0 radical (unpaired) electrons. The molecule has 0 saturated carbocycles.